The molecule has 0 amide bonds. The highest BCUT2D eigenvalue weighted by molar-refractivity contribution is 5.85. The maximum atomic E-state index is 5.50. The van der Waals surface area contributed by atoms with Crippen molar-refractivity contribution in [1.29, 1.82) is 0 Å². The van der Waals surface area contributed by atoms with E-state index in [1.165, 1.54) is 11.1 Å². The Morgan fingerprint density at radius 2 is 1.62 bits per heavy atom. The van der Waals surface area contributed by atoms with Crippen LogP contribution in [0.15, 0.2) is 60.7 Å². The number of ether oxygens (including phenoxy) is 1. The van der Waals surface area contributed by atoms with E-state index in [4.69, 9.17) is 4.74 Å². The molecule has 0 radical (unpaired) electrons. The van der Waals surface area contributed by atoms with Crippen molar-refractivity contribution in [1.82, 2.24) is 4.90 Å². The molecule has 0 saturated heterocycles. The van der Waals surface area contributed by atoms with Gasteiger partial charge in [0.25, 0.3) is 0 Å². The number of halogens is 1. The smallest absolute Gasteiger partial charge is 0.126 e. The summed E-state index contributed by atoms with van der Waals surface area (Å²) in [4.78, 5) is 2.15. The van der Waals surface area contributed by atoms with Crippen LogP contribution < -0.4 is 4.74 Å². The summed E-state index contributed by atoms with van der Waals surface area (Å²) < 4.78 is 5.50. The van der Waals surface area contributed by atoms with Crippen molar-refractivity contribution >= 4 is 18.0 Å². The number of likely N-dealkylation sites (N-methyl/N-ethyl adjacent to an activating group) is 1. The van der Waals surface area contributed by atoms with Crippen molar-refractivity contribution in [2.75, 3.05) is 27.7 Å². The average Bonchev–Trinajstić information content (AvgIpc) is 2.49. The van der Waals surface area contributed by atoms with Crippen molar-refractivity contribution in [2.24, 2.45) is 0 Å². The Hall–Kier alpha value is -1.77. The van der Waals surface area contributed by atoms with Gasteiger partial charge in [0.1, 0.15) is 5.75 Å². The van der Waals surface area contributed by atoms with Gasteiger partial charge in [-0.15, -0.1) is 12.4 Å². The van der Waals surface area contributed by atoms with Crippen molar-refractivity contribution in [3.05, 3.63) is 71.8 Å². The van der Waals surface area contributed by atoms with Gasteiger partial charge in [-0.2, -0.15) is 0 Å². The first-order chi connectivity index (χ1) is 9.72. The summed E-state index contributed by atoms with van der Waals surface area (Å²) >= 11 is 0. The zero-order valence-electron chi connectivity index (χ0n) is 12.7. The quantitative estimate of drug-likeness (QED) is 0.824. The molecule has 21 heavy (non-hydrogen) atoms. The van der Waals surface area contributed by atoms with Crippen molar-refractivity contribution in [2.45, 2.75) is 0 Å². The van der Waals surface area contributed by atoms with Crippen molar-refractivity contribution < 1.29 is 4.74 Å². The number of methoxy groups -OCH3 is 1. The highest BCUT2D eigenvalue weighted by atomic mass is 35.5. The zero-order chi connectivity index (χ0) is 14.4. The molecule has 2 rings (SSSR count). The van der Waals surface area contributed by atoms with Gasteiger partial charge in [-0.25, -0.2) is 0 Å². The third-order valence-electron chi connectivity index (χ3n) is 3.14. The standard InChI is InChI=1S/C18H21NO.ClH/c1-19(2)14-13-16(15-9-5-4-6-10-15)17-11-7-8-12-18(17)20-3;/h4-13H,14H2,1-3H3;1H. The lowest BCUT2D eigenvalue weighted by molar-refractivity contribution is 0.413. The molecule has 0 saturated carbocycles. The first kappa shape index (κ1) is 17.3. The summed E-state index contributed by atoms with van der Waals surface area (Å²) in [5, 5.41) is 0. The van der Waals surface area contributed by atoms with Gasteiger partial charge < -0.3 is 9.64 Å². The van der Waals surface area contributed by atoms with Gasteiger partial charge in [-0.3, -0.25) is 0 Å². The summed E-state index contributed by atoms with van der Waals surface area (Å²) in [5.41, 5.74) is 3.54. The molecule has 0 atom stereocenters. The molecule has 0 unspecified atom stereocenters. The Labute approximate surface area is 133 Å². The number of hydrogen-bond acceptors (Lipinski definition) is 2. The van der Waals surface area contributed by atoms with Gasteiger partial charge >= 0.3 is 0 Å². The van der Waals surface area contributed by atoms with Gasteiger partial charge in [0.2, 0.25) is 0 Å². The van der Waals surface area contributed by atoms with E-state index in [-0.39, 0.29) is 12.4 Å². The van der Waals surface area contributed by atoms with Gasteiger partial charge in [0, 0.05) is 12.1 Å². The molecule has 0 bridgehead atoms. The predicted molar refractivity (Wildman–Crippen MR) is 92.3 cm³/mol. The van der Waals surface area contributed by atoms with E-state index >= 15 is 0 Å². The Morgan fingerprint density at radius 3 is 2.24 bits per heavy atom. The van der Waals surface area contributed by atoms with E-state index in [2.05, 4.69) is 55.4 Å². The minimum absolute atomic E-state index is 0. The Bertz CT molecular complexity index is 579. The normalized spacial score (nSPS) is 11.1. The lowest BCUT2D eigenvalue weighted by Crippen LogP contribution is -2.11. The summed E-state index contributed by atoms with van der Waals surface area (Å²) in [5.74, 6) is 0.904. The number of hydrogen-bond donors (Lipinski definition) is 0. The monoisotopic (exact) mass is 303 g/mol. The molecule has 2 aromatic carbocycles. The molecule has 0 N–H and O–H groups in total. The van der Waals surface area contributed by atoms with E-state index in [9.17, 15) is 0 Å². The topological polar surface area (TPSA) is 12.5 Å². The summed E-state index contributed by atoms with van der Waals surface area (Å²) in [6.07, 6.45) is 2.24. The number of rotatable bonds is 5. The maximum absolute atomic E-state index is 5.50. The molecule has 0 spiro atoms. The van der Waals surface area contributed by atoms with Gasteiger partial charge in [0.15, 0.2) is 0 Å². The summed E-state index contributed by atoms with van der Waals surface area (Å²) in [6.45, 7) is 0.891. The third-order valence-corrected chi connectivity index (χ3v) is 3.14. The highest BCUT2D eigenvalue weighted by Gasteiger charge is 2.09. The van der Waals surface area contributed by atoms with Crippen LogP contribution >= 0.6 is 12.4 Å². The van der Waals surface area contributed by atoms with Crippen LogP contribution in [0.1, 0.15) is 11.1 Å². The molecule has 0 aromatic heterocycles. The van der Waals surface area contributed by atoms with Crippen LogP contribution in [0.5, 0.6) is 5.75 Å². The van der Waals surface area contributed by atoms with E-state index in [1.807, 2.05) is 24.3 Å². The van der Waals surface area contributed by atoms with Crippen LogP contribution in [0.25, 0.3) is 5.57 Å². The van der Waals surface area contributed by atoms with Crippen LogP contribution in [0.2, 0.25) is 0 Å². The van der Waals surface area contributed by atoms with Crippen LogP contribution in [0.3, 0.4) is 0 Å². The number of para-hydroxylation sites is 1. The average molecular weight is 304 g/mol. The predicted octanol–water partition coefficient (Wildman–Crippen LogP) is 4.11. The number of nitrogens with zero attached hydrogens (tertiary/aromatic N) is 1. The second-order valence-corrected chi connectivity index (χ2v) is 4.95. The fourth-order valence-electron chi connectivity index (χ4n) is 2.14. The second kappa shape index (κ2) is 8.50. The minimum atomic E-state index is 0. The van der Waals surface area contributed by atoms with E-state index in [0.717, 1.165) is 17.9 Å². The molecule has 0 fully saturated rings. The largest absolute Gasteiger partial charge is 0.496 e. The number of benzene rings is 2. The van der Waals surface area contributed by atoms with Crippen LogP contribution in [-0.2, 0) is 0 Å². The fourth-order valence-corrected chi connectivity index (χ4v) is 2.14. The minimum Gasteiger partial charge on any atom is -0.496 e. The molecule has 2 aromatic rings. The zero-order valence-corrected chi connectivity index (χ0v) is 13.6. The van der Waals surface area contributed by atoms with Crippen LogP contribution in [-0.4, -0.2) is 32.6 Å². The molecule has 0 aliphatic carbocycles. The summed E-state index contributed by atoms with van der Waals surface area (Å²) in [7, 11) is 5.86. The Balaban J connectivity index is 0.00000220. The van der Waals surface area contributed by atoms with Gasteiger partial charge in [-0.1, -0.05) is 54.6 Å². The third kappa shape index (κ3) is 4.62. The van der Waals surface area contributed by atoms with Crippen molar-refractivity contribution in [3.63, 3.8) is 0 Å². The van der Waals surface area contributed by atoms with Crippen LogP contribution in [0.4, 0.5) is 0 Å². The molecule has 0 heterocycles. The second-order valence-electron chi connectivity index (χ2n) is 4.95. The lowest BCUT2D eigenvalue weighted by atomic mass is 9.96. The fraction of sp³-hybridized carbons (Fsp3) is 0.222. The summed E-state index contributed by atoms with van der Waals surface area (Å²) in [6, 6.07) is 18.6. The highest BCUT2D eigenvalue weighted by Crippen LogP contribution is 2.30. The molecular weight excluding hydrogens is 282 g/mol. The van der Waals surface area contributed by atoms with Crippen LogP contribution in [0, 0.1) is 0 Å². The van der Waals surface area contributed by atoms with E-state index < -0.39 is 0 Å². The first-order valence-corrected chi connectivity index (χ1v) is 6.76. The Kier molecular flexibility index (Phi) is 7.00. The molecule has 0 aliphatic rings. The van der Waals surface area contributed by atoms with E-state index in [0.29, 0.717) is 0 Å². The molecule has 3 heteroatoms. The maximum Gasteiger partial charge on any atom is 0.126 e. The molecule has 0 aliphatic heterocycles. The SMILES string of the molecule is COc1ccccc1C(=CCN(C)C)c1ccccc1.Cl. The molecular formula is C18H22ClNO. The molecule has 112 valence electrons. The van der Waals surface area contributed by atoms with Crippen molar-refractivity contribution in [3.8, 4) is 5.75 Å². The van der Waals surface area contributed by atoms with Gasteiger partial charge in [0.05, 0.1) is 7.11 Å². The first-order valence-electron chi connectivity index (χ1n) is 6.76. The molecule has 2 nitrogen and oxygen atoms in total. The Morgan fingerprint density at radius 1 is 1.00 bits per heavy atom. The van der Waals surface area contributed by atoms with E-state index in [1.54, 1.807) is 7.11 Å². The van der Waals surface area contributed by atoms with Gasteiger partial charge in [-0.05, 0) is 31.3 Å². The lowest BCUT2D eigenvalue weighted by Gasteiger charge is -2.14.